The Hall–Kier alpha value is -1.96. The van der Waals surface area contributed by atoms with Crippen LogP contribution in [0.25, 0.3) is 0 Å². The Morgan fingerprint density at radius 3 is 3.04 bits per heavy atom. The normalized spacial score (nSPS) is 23.3. The fourth-order valence-electron chi connectivity index (χ4n) is 3.69. The van der Waals surface area contributed by atoms with Crippen molar-refractivity contribution in [2.75, 3.05) is 6.54 Å². The third kappa shape index (κ3) is 3.47. The predicted octanol–water partition coefficient (Wildman–Crippen LogP) is 3.33. The molecular weight excluding hydrogens is 355 g/mol. The highest BCUT2D eigenvalue weighted by Crippen LogP contribution is 2.38. The molecule has 0 bridgehead atoms. The summed E-state index contributed by atoms with van der Waals surface area (Å²) in [7, 11) is 0. The van der Waals surface area contributed by atoms with Gasteiger partial charge in [0, 0.05) is 28.6 Å². The van der Waals surface area contributed by atoms with Crippen molar-refractivity contribution in [3.63, 3.8) is 0 Å². The molecule has 0 aliphatic carbocycles. The molecule has 2 aliphatic heterocycles. The lowest BCUT2D eigenvalue weighted by molar-refractivity contribution is -0.125. The number of benzene rings is 1. The number of primary amides is 1. The largest absolute Gasteiger partial charge is 0.460 e. The summed E-state index contributed by atoms with van der Waals surface area (Å²) in [5.41, 5.74) is 7.94. The van der Waals surface area contributed by atoms with Gasteiger partial charge in [-0.3, -0.25) is 9.69 Å². The van der Waals surface area contributed by atoms with Crippen LogP contribution in [0, 0.1) is 5.82 Å². The second-order valence-corrected chi connectivity index (χ2v) is 7.54. The van der Waals surface area contributed by atoms with Gasteiger partial charge in [-0.2, -0.15) is 11.3 Å². The minimum Gasteiger partial charge on any atom is -0.460 e. The van der Waals surface area contributed by atoms with Gasteiger partial charge in [0.25, 0.3) is 0 Å². The van der Waals surface area contributed by atoms with E-state index in [9.17, 15) is 9.18 Å². The molecule has 0 spiro atoms. The molecule has 2 atom stereocenters. The van der Waals surface area contributed by atoms with Gasteiger partial charge in [-0.1, -0.05) is 6.42 Å². The van der Waals surface area contributed by atoms with Crippen molar-refractivity contribution in [3.05, 3.63) is 51.5 Å². The SMILES string of the molecule is NC(=O)[C@@H]1CCCCN1Cc1cc(F)cc2c1O[C@@H](c1ccsc1)OC2. The molecule has 1 saturated heterocycles. The van der Waals surface area contributed by atoms with Crippen LogP contribution in [-0.2, 0) is 22.7 Å². The first-order valence-electron chi connectivity index (χ1n) is 8.77. The first-order valence-corrected chi connectivity index (χ1v) is 9.71. The Morgan fingerprint density at radius 1 is 1.38 bits per heavy atom. The fraction of sp³-hybridized carbons (Fsp3) is 0.421. The van der Waals surface area contributed by atoms with Gasteiger partial charge in [0.2, 0.25) is 12.2 Å². The zero-order chi connectivity index (χ0) is 18.1. The van der Waals surface area contributed by atoms with Crippen molar-refractivity contribution in [2.24, 2.45) is 5.73 Å². The van der Waals surface area contributed by atoms with E-state index in [-0.39, 0.29) is 17.8 Å². The van der Waals surface area contributed by atoms with Crippen molar-refractivity contribution in [1.29, 1.82) is 0 Å². The number of piperidine rings is 1. The van der Waals surface area contributed by atoms with Crippen LogP contribution < -0.4 is 10.5 Å². The maximum Gasteiger partial charge on any atom is 0.234 e. The second-order valence-electron chi connectivity index (χ2n) is 6.76. The van der Waals surface area contributed by atoms with Gasteiger partial charge in [-0.25, -0.2) is 4.39 Å². The highest BCUT2D eigenvalue weighted by atomic mass is 32.1. The Kier molecular flexibility index (Phi) is 4.93. The number of halogens is 1. The molecule has 2 aliphatic rings. The molecule has 4 rings (SSSR count). The molecule has 0 saturated carbocycles. The lowest BCUT2D eigenvalue weighted by atomic mass is 9.99. The number of carbonyl (C=O) groups is 1. The molecule has 138 valence electrons. The number of rotatable bonds is 4. The van der Waals surface area contributed by atoms with E-state index in [4.69, 9.17) is 15.2 Å². The average Bonchev–Trinajstić information content (AvgIpc) is 3.16. The number of hydrogen-bond donors (Lipinski definition) is 1. The number of nitrogens with zero attached hydrogens (tertiary/aromatic N) is 1. The number of nitrogens with two attached hydrogens (primary N) is 1. The Labute approximate surface area is 155 Å². The molecule has 0 unspecified atom stereocenters. The molecule has 7 heteroatoms. The van der Waals surface area contributed by atoms with Crippen LogP contribution >= 0.6 is 11.3 Å². The fourth-order valence-corrected chi connectivity index (χ4v) is 4.35. The van der Waals surface area contributed by atoms with Crippen molar-refractivity contribution in [1.82, 2.24) is 4.90 Å². The van der Waals surface area contributed by atoms with Crippen molar-refractivity contribution >= 4 is 17.2 Å². The third-order valence-electron chi connectivity index (χ3n) is 4.95. The highest BCUT2D eigenvalue weighted by molar-refractivity contribution is 7.07. The summed E-state index contributed by atoms with van der Waals surface area (Å²) in [6, 6.07) is 4.58. The highest BCUT2D eigenvalue weighted by Gasteiger charge is 2.30. The summed E-state index contributed by atoms with van der Waals surface area (Å²) in [5, 5.41) is 3.95. The quantitative estimate of drug-likeness (QED) is 0.889. The van der Waals surface area contributed by atoms with E-state index >= 15 is 0 Å². The maximum atomic E-state index is 14.1. The summed E-state index contributed by atoms with van der Waals surface area (Å²) in [6.07, 6.45) is 2.24. The zero-order valence-corrected chi connectivity index (χ0v) is 15.1. The average molecular weight is 376 g/mol. The van der Waals surface area contributed by atoms with Crippen molar-refractivity contribution < 1.29 is 18.7 Å². The van der Waals surface area contributed by atoms with E-state index in [1.807, 2.05) is 21.7 Å². The summed E-state index contributed by atoms with van der Waals surface area (Å²) in [4.78, 5) is 13.8. The first-order chi connectivity index (χ1) is 12.6. The molecule has 1 amide bonds. The van der Waals surface area contributed by atoms with Crippen LogP contribution in [0.5, 0.6) is 5.75 Å². The third-order valence-corrected chi connectivity index (χ3v) is 5.65. The summed E-state index contributed by atoms with van der Waals surface area (Å²) < 4.78 is 25.9. The number of carbonyl (C=O) groups excluding carboxylic acids is 1. The first kappa shape index (κ1) is 17.5. The van der Waals surface area contributed by atoms with Gasteiger partial charge in [0.15, 0.2) is 0 Å². The molecular formula is C19H21FN2O3S. The summed E-state index contributed by atoms with van der Waals surface area (Å²) in [6.45, 7) is 1.49. The van der Waals surface area contributed by atoms with Crippen LogP contribution in [0.4, 0.5) is 4.39 Å². The molecule has 5 nitrogen and oxygen atoms in total. The van der Waals surface area contributed by atoms with Crippen LogP contribution in [-0.4, -0.2) is 23.4 Å². The van der Waals surface area contributed by atoms with Gasteiger partial charge in [0.05, 0.1) is 12.6 Å². The number of likely N-dealkylation sites (tertiary alicyclic amines) is 1. The van der Waals surface area contributed by atoms with Crippen LogP contribution in [0.2, 0.25) is 0 Å². The van der Waals surface area contributed by atoms with E-state index in [0.717, 1.165) is 36.9 Å². The zero-order valence-electron chi connectivity index (χ0n) is 14.3. The molecule has 3 heterocycles. The summed E-state index contributed by atoms with van der Waals surface area (Å²) >= 11 is 1.57. The molecule has 1 fully saturated rings. The molecule has 1 aromatic carbocycles. The Balaban J connectivity index is 1.62. The predicted molar refractivity (Wildman–Crippen MR) is 96.1 cm³/mol. The van der Waals surface area contributed by atoms with Gasteiger partial charge in [-0.15, -0.1) is 0 Å². The molecule has 26 heavy (non-hydrogen) atoms. The van der Waals surface area contributed by atoms with Crippen molar-refractivity contribution in [3.8, 4) is 5.75 Å². The lowest BCUT2D eigenvalue weighted by Crippen LogP contribution is -2.47. The summed E-state index contributed by atoms with van der Waals surface area (Å²) in [5.74, 6) is 0.00517. The van der Waals surface area contributed by atoms with E-state index in [0.29, 0.717) is 24.5 Å². The topological polar surface area (TPSA) is 64.8 Å². The van der Waals surface area contributed by atoms with Crippen LogP contribution in [0.1, 0.15) is 42.2 Å². The molecule has 0 radical (unpaired) electrons. The lowest BCUT2D eigenvalue weighted by Gasteiger charge is -2.35. The minimum absolute atomic E-state index is 0.292. The van der Waals surface area contributed by atoms with E-state index in [2.05, 4.69) is 0 Å². The number of fused-ring (bicyclic) bond motifs is 1. The van der Waals surface area contributed by atoms with Gasteiger partial charge in [0.1, 0.15) is 11.6 Å². The van der Waals surface area contributed by atoms with Crippen LogP contribution in [0.15, 0.2) is 29.0 Å². The Bertz CT molecular complexity index is 796. The monoisotopic (exact) mass is 376 g/mol. The molecule has 2 aromatic rings. The van der Waals surface area contributed by atoms with Gasteiger partial charge in [-0.05, 0) is 43.0 Å². The van der Waals surface area contributed by atoms with E-state index < -0.39 is 6.29 Å². The standard InChI is InChI=1S/C19H21FN2O3S/c20-15-7-13(9-22-5-2-1-3-16(22)18(21)23)17-14(8-15)10-24-19(25-17)12-4-6-26-11-12/h4,6-8,11,16,19H,1-3,5,9-10H2,(H2,21,23)/t16-,19-/m0/s1. The number of ether oxygens (including phenoxy) is 2. The maximum absolute atomic E-state index is 14.1. The van der Waals surface area contributed by atoms with Gasteiger partial charge < -0.3 is 15.2 Å². The van der Waals surface area contributed by atoms with Crippen molar-refractivity contribution in [2.45, 2.75) is 44.7 Å². The number of hydrogen-bond acceptors (Lipinski definition) is 5. The smallest absolute Gasteiger partial charge is 0.234 e. The molecule has 1 aromatic heterocycles. The van der Waals surface area contributed by atoms with Crippen LogP contribution in [0.3, 0.4) is 0 Å². The second kappa shape index (κ2) is 7.34. The number of amides is 1. The van der Waals surface area contributed by atoms with Gasteiger partial charge >= 0.3 is 0 Å². The molecule has 2 N–H and O–H groups in total. The number of thiophene rings is 1. The van der Waals surface area contributed by atoms with E-state index in [1.165, 1.54) is 12.1 Å². The van der Waals surface area contributed by atoms with E-state index in [1.54, 1.807) is 11.3 Å². The minimum atomic E-state index is -0.494. The Morgan fingerprint density at radius 2 is 2.27 bits per heavy atom.